The van der Waals surface area contributed by atoms with Crippen molar-refractivity contribution in [3.05, 3.63) is 53.9 Å². The molecular formula is C22H29N3O. The van der Waals surface area contributed by atoms with E-state index in [0.29, 0.717) is 18.4 Å². The lowest BCUT2D eigenvalue weighted by molar-refractivity contribution is -0.128. The summed E-state index contributed by atoms with van der Waals surface area (Å²) in [5.41, 5.74) is 2.38. The zero-order valence-electron chi connectivity index (χ0n) is 15.8. The van der Waals surface area contributed by atoms with Crippen molar-refractivity contribution in [2.45, 2.75) is 58.0 Å². The number of nitrogens with zero attached hydrogens (tertiary/aromatic N) is 2. The highest BCUT2D eigenvalue weighted by Gasteiger charge is 2.51. The Morgan fingerprint density at radius 2 is 1.92 bits per heavy atom. The molecule has 4 nitrogen and oxygen atoms in total. The zero-order valence-corrected chi connectivity index (χ0v) is 15.8. The van der Waals surface area contributed by atoms with Crippen LogP contribution in [0.3, 0.4) is 0 Å². The third-order valence-electron chi connectivity index (χ3n) is 6.36. The number of nitrogens with one attached hydrogen (secondary N) is 1. The highest BCUT2D eigenvalue weighted by Crippen LogP contribution is 2.54. The number of aromatic nitrogens is 2. The lowest BCUT2D eigenvalue weighted by Crippen LogP contribution is -2.60. The molecule has 26 heavy (non-hydrogen) atoms. The molecule has 1 aromatic heterocycles. The molecule has 5 atom stereocenters. The second-order valence-corrected chi connectivity index (χ2v) is 8.16. The van der Waals surface area contributed by atoms with Gasteiger partial charge in [-0.15, -0.1) is 0 Å². The smallest absolute Gasteiger partial charge is 0.224 e. The van der Waals surface area contributed by atoms with Crippen molar-refractivity contribution in [1.29, 1.82) is 0 Å². The van der Waals surface area contributed by atoms with Gasteiger partial charge in [0.25, 0.3) is 0 Å². The molecule has 0 saturated heterocycles. The molecule has 1 amide bonds. The summed E-state index contributed by atoms with van der Waals surface area (Å²) in [6.45, 7) is 4.61. The number of fused-ring (bicyclic) bond motifs is 1. The summed E-state index contributed by atoms with van der Waals surface area (Å²) in [7, 11) is 0. The topological polar surface area (TPSA) is 46.9 Å². The minimum atomic E-state index is -0.0756. The monoisotopic (exact) mass is 351 g/mol. The largest absolute Gasteiger partial charge is 0.352 e. The molecule has 4 heteroatoms. The highest BCUT2D eigenvalue weighted by molar-refractivity contribution is 5.78. The number of hydrogen-bond acceptors (Lipinski definition) is 2. The molecular weight excluding hydrogens is 322 g/mol. The summed E-state index contributed by atoms with van der Waals surface area (Å²) in [4.78, 5) is 12.9. The predicted octanol–water partition coefficient (Wildman–Crippen LogP) is 3.92. The van der Waals surface area contributed by atoms with Crippen molar-refractivity contribution < 1.29 is 4.79 Å². The number of carbonyl (C=O) groups is 1. The standard InChI is InChI=1S/C22H29N3O/c1-15(14-25-13-12-16(2)24-25)22(26)23-21-19-11-7-6-10-18(19)20(21)17-8-4-3-5-9-17/h3-5,8-9,12-13,15,18-21H,6-7,10-11,14H2,1-2H3,(H,23,26)/t15-,18+,19-,20-,21-/m0/s1. The quantitative estimate of drug-likeness (QED) is 0.887. The van der Waals surface area contributed by atoms with Gasteiger partial charge in [0.15, 0.2) is 0 Å². The summed E-state index contributed by atoms with van der Waals surface area (Å²) < 4.78 is 1.87. The molecule has 2 saturated carbocycles. The molecule has 2 fully saturated rings. The first kappa shape index (κ1) is 17.3. The Morgan fingerprint density at radius 3 is 2.62 bits per heavy atom. The van der Waals surface area contributed by atoms with Gasteiger partial charge in [-0.1, -0.05) is 50.1 Å². The van der Waals surface area contributed by atoms with Crippen molar-refractivity contribution in [2.24, 2.45) is 17.8 Å². The average molecular weight is 351 g/mol. The van der Waals surface area contributed by atoms with E-state index in [0.717, 1.165) is 11.6 Å². The molecule has 0 radical (unpaired) electrons. The Labute approximate surface area is 156 Å². The van der Waals surface area contributed by atoms with Gasteiger partial charge in [0, 0.05) is 18.2 Å². The maximum atomic E-state index is 12.9. The van der Waals surface area contributed by atoms with Gasteiger partial charge in [0.05, 0.1) is 18.2 Å². The fourth-order valence-corrected chi connectivity index (χ4v) is 5.03. The Bertz CT molecular complexity index is 754. The van der Waals surface area contributed by atoms with E-state index in [2.05, 4.69) is 40.7 Å². The van der Waals surface area contributed by atoms with Gasteiger partial charge < -0.3 is 5.32 Å². The second-order valence-electron chi connectivity index (χ2n) is 8.16. The molecule has 1 N–H and O–H groups in total. The predicted molar refractivity (Wildman–Crippen MR) is 103 cm³/mol. The van der Waals surface area contributed by atoms with Crippen LogP contribution in [0.15, 0.2) is 42.6 Å². The summed E-state index contributed by atoms with van der Waals surface area (Å²) in [5, 5.41) is 7.82. The van der Waals surface area contributed by atoms with Crippen molar-refractivity contribution >= 4 is 5.91 Å². The summed E-state index contributed by atoms with van der Waals surface area (Å²) >= 11 is 0. The minimum Gasteiger partial charge on any atom is -0.352 e. The van der Waals surface area contributed by atoms with Crippen LogP contribution in [0.2, 0.25) is 0 Å². The number of hydrogen-bond donors (Lipinski definition) is 1. The first-order valence-corrected chi connectivity index (χ1v) is 9.99. The first-order valence-electron chi connectivity index (χ1n) is 9.99. The van der Waals surface area contributed by atoms with E-state index >= 15 is 0 Å². The fourth-order valence-electron chi connectivity index (χ4n) is 5.03. The molecule has 0 aliphatic heterocycles. The van der Waals surface area contributed by atoms with Gasteiger partial charge >= 0.3 is 0 Å². The van der Waals surface area contributed by atoms with Crippen LogP contribution < -0.4 is 5.32 Å². The van der Waals surface area contributed by atoms with Crippen LogP contribution in [-0.2, 0) is 11.3 Å². The number of carbonyl (C=O) groups excluding carboxylic acids is 1. The molecule has 1 aromatic carbocycles. The van der Waals surface area contributed by atoms with Crippen molar-refractivity contribution in [3.8, 4) is 0 Å². The molecule has 2 aliphatic rings. The van der Waals surface area contributed by atoms with Crippen molar-refractivity contribution in [2.75, 3.05) is 0 Å². The van der Waals surface area contributed by atoms with E-state index < -0.39 is 0 Å². The van der Waals surface area contributed by atoms with Crippen molar-refractivity contribution in [3.63, 3.8) is 0 Å². The van der Waals surface area contributed by atoms with Gasteiger partial charge in [-0.2, -0.15) is 5.10 Å². The van der Waals surface area contributed by atoms with Crippen LogP contribution in [0.5, 0.6) is 0 Å². The molecule has 0 unspecified atom stereocenters. The Kier molecular flexibility index (Phi) is 4.84. The van der Waals surface area contributed by atoms with E-state index in [9.17, 15) is 4.79 Å². The normalized spacial score (nSPS) is 28.7. The lowest BCUT2D eigenvalue weighted by atomic mass is 9.53. The van der Waals surface area contributed by atoms with E-state index in [1.807, 2.05) is 30.8 Å². The van der Waals surface area contributed by atoms with Gasteiger partial charge in [-0.25, -0.2) is 0 Å². The number of benzene rings is 1. The zero-order chi connectivity index (χ0) is 18.1. The third-order valence-corrected chi connectivity index (χ3v) is 6.36. The van der Waals surface area contributed by atoms with Gasteiger partial charge in [-0.3, -0.25) is 9.48 Å². The SMILES string of the molecule is Cc1ccn(C[C@H](C)C(=O)N[C@H]2[C@H]3CCCC[C@H]3[C@@H]2c2ccccc2)n1. The average Bonchev–Trinajstić information content (AvgIpc) is 3.05. The Balaban J connectivity index is 1.45. The molecule has 2 aromatic rings. The minimum absolute atomic E-state index is 0.0756. The molecule has 1 heterocycles. The van der Waals surface area contributed by atoms with Gasteiger partial charge in [0.1, 0.15) is 0 Å². The first-order chi connectivity index (χ1) is 12.6. The highest BCUT2D eigenvalue weighted by atomic mass is 16.2. The molecule has 0 bridgehead atoms. The lowest BCUT2D eigenvalue weighted by Gasteiger charge is -2.55. The third kappa shape index (κ3) is 3.29. The van der Waals surface area contributed by atoms with E-state index in [4.69, 9.17) is 0 Å². The summed E-state index contributed by atoms with van der Waals surface area (Å²) in [6, 6.07) is 13.0. The maximum absolute atomic E-state index is 12.9. The van der Waals surface area contributed by atoms with E-state index in [1.54, 1.807) is 0 Å². The van der Waals surface area contributed by atoms with Crippen molar-refractivity contribution in [1.82, 2.24) is 15.1 Å². The summed E-state index contributed by atoms with van der Waals surface area (Å²) in [6.07, 6.45) is 7.15. The van der Waals surface area contributed by atoms with Crippen LogP contribution >= 0.6 is 0 Å². The molecule has 4 rings (SSSR count). The molecule has 138 valence electrons. The van der Waals surface area contributed by atoms with Gasteiger partial charge in [-0.05, 0) is 43.2 Å². The van der Waals surface area contributed by atoms with Crippen LogP contribution in [0.25, 0.3) is 0 Å². The van der Waals surface area contributed by atoms with Crippen LogP contribution in [-0.4, -0.2) is 21.7 Å². The maximum Gasteiger partial charge on any atom is 0.224 e. The fraction of sp³-hybridized carbons (Fsp3) is 0.545. The molecule has 0 spiro atoms. The second kappa shape index (κ2) is 7.26. The van der Waals surface area contributed by atoms with Crippen LogP contribution in [0, 0.1) is 24.7 Å². The van der Waals surface area contributed by atoms with Crippen LogP contribution in [0.1, 0.15) is 49.8 Å². The van der Waals surface area contributed by atoms with Gasteiger partial charge in [0.2, 0.25) is 5.91 Å². The van der Waals surface area contributed by atoms with Crippen LogP contribution in [0.4, 0.5) is 0 Å². The Hall–Kier alpha value is -2.10. The number of amides is 1. The molecule has 2 aliphatic carbocycles. The Morgan fingerprint density at radius 1 is 1.19 bits per heavy atom. The number of rotatable bonds is 5. The summed E-state index contributed by atoms with van der Waals surface area (Å²) in [5.74, 6) is 1.95. The number of aryl methyl sites for hydroxylation is 1. The van der Waals surface area contributed by atoms with E-state index in [-0.39, 0.29) is 17.9 Å². The van der Waals surface area contributed by atoms with E-state index in [1.165, 1.54) is 31.2 Å².